The van der Waals surface area contributed by atoms with E-state index >= 15 is 0 Å². The maximum atomic E-state index is 12.8. The molecule has 178 valence electrons. The van der Waals surface area contributed by atoms with Crippen molar-refractivity contribution < 1.29 is 29.0 Å². The lowest BCUT2D eigenvalue weighted by molar-refractivity contribution is -0.149. The van der Waals surface area contributed by atoms with Crippen LogP contribution < -0.4 is 10.6 Å². The molecule has 2 aliphatic carbocycles. The molecule has 2 fully saturated rings. The summed E-state index contributed by atoms with van der Waals surface area (Å²) in [6, 6.07) is 15.6. The summed E-state index contributed by atoms with van der Waals surface area (Å²) < 4.78 is 11.1. The Kier molecular flexibility index (Phi) is 5.77. The van der Waals surface area contributed by atoms with Crippen molar-refractivity contribution in [3.63, 3.8) is 0 Å². The number of carboxylic acid groups (broad SMARTS) is 1. The number of benzene rings is 2. The van der Waals surface area contributed by atoms with E-state index in [0.29, 0.717) is 13.0 Å². The van der Waals surface area contributed by atoms with Crippen molar-refractivity contribution in [2.45, 2.75) is 49.8 Å². The third-order valence-electron chi connectivity index (χ3n) is 7.22. The molecule has 0 spiro atoms. The summed E-state index contributed by atoms with van der Waals surface area (Å²) in [6.07, 6.45) is 0.373. The molecule has 2 amide bonds. The lowest BCUT2D eigenvalue weighted by Gasteiger charge is -2.29. The van der Waals surface area contributed by atoms with Gasteiger partial charge in [-0.1, -0.05) is 48.5 Å². The summed E-state index contributed by atoms with van der Waals surface area (Å²) >= 11 is 0. The summed E-state index contributed by atoms with van der Waals surface area (Å²) in [6.45, 7) is 1.98. The lowest BCUT2D eigenvalue weighted by Crippen LogP contribution is -2.59. The topological polar surface area (TPSA) is 114 Å². The SMILES string of the molecule is CC(NC(=O)[C@@H]1OCC[C@@H]1NC(=O)OCC1c2ccccc2-c2ccccc21)(C(=O)O)C1CC1. The van der Waals surface area contributed by atoms with Crippen LogP contribution in [0.5, 0.6) is 0 Å². The van der Waals surface area contributed by atoms with E-state index in [0.717, 1.165) is 35.1 Å². The van der Waals surface area contributed by atoms with Crippen molar-refractivity contribution in [2.75, 3.05) is 13.2 Å². The van der Waals surface area contributed by atoms with E-state index in [-0.39, 0.29) is 18.4 Å². The number of carbonyl (C=O) groups excluding carboxylic acids is 2. The number of hydrogen-bond acceptors (Lipinski definition) is 5. The van der Waals surface area contributed by atoms with Crippen LogP contribution in [0.15, 0.2) is 48.5 Å². The van der Waals surface area contributed by atoms with Gasteiger partial charge in [0.15, 0.2) is 6.10 Å². The number of carbonyl (C=O) groups is 3. The van der Waals surface area contributed by atoms with Gasteiger partial charge in [0.2, 0.25) is 0 Å². The first-order valence-electron chi connectivity index (χ1n) is 11.7. The fourth-order valence-electron chi connectivity index (χ4n) is 5.11. The molecule has 8 nitrogen and oxygen atoms in total. The highest BCUT2D eigenvalue weighted by Gasteiger charge is 2.50. The van der Waals surface area contributed by atoms with E-state index in [9.17, 15) is 19.5 Å². The van der Waals surface area contributed by atoms with E-state index in [4.69, 9.17) is 9.47 Å². The number of fused-ring (bicyclic) bond motifs is 3. The second kappa shape index (κ2) is 8.76. The van der Waals surface area contributed by atoms with Crippen LogP contribution in [-0.2, 0) is 19.1 Å². The van der Waals surface area contributed by atoms with Gasteiger partial charge in [0.1, 0.15) is 12.1 Å². The van der Waals surface area contributed by atoms with Gasteiger partial charge in [-0.2, -0.15) is 0 Å². The Morgan fingerprint density at radius 1 is 1.03 bits per heavy atom. The Balaban J connectivity index is 1.21. The van der Waals surface area contributed by atoms with E-state index in [1.54, 1.807) is 0 Å². The van der Waals surface area contributed by atoms with Crippen molar-refractivity contribution in [1.29, 1.82) is 0 Å². The summed E-state index contributed by atoms with van der Waals surface area (Å²) in [5, 5.41) is 15.0. The van der Waals surface area contributed by atoms with Crippen molar-refractivity contribution >= 4 is 18.0 Å². The van der Waals surface area contributed by atoms with Crippen molar-refractivity contribution in [1.82, 2.24) is 10.6 Å². The van der Waals surface area contributed by atoms with Crippen molar-refractivity contribution in [2.24, 2.45) is 5.92 Å². The average Bonchev–Trinajstić information content (AvgIpc) is 3.51. The van der Waals surface area contributed by atoms with E-state index in [1.165, 1.54) is 6.92 Å². The first-order chi connectivity index (χ1) is 16.4. The minimum absolute atomic E-state index is 0.0631. The Hall–Kier alpha value is -3.39. The molecule has 3 aliphatic rings. The predicted octanol–water partition coefficient (Wildman–Crippen LogP) is 3.05. The number of nitrogens with one attached hydrogen (secondary N) is 2. The van der Waals surface area contributed by atoms with Gasteiger partial charge in [0.05, 0.1) is 6.04 Å². The minimum Gasteiger partial charge on any atom is -0.480 e. The fourth-order valence-corrected chi connectivity index (χ4v) is 5.11. The highest BCUT2D eigenvalue weighted by atomic mass is 16.6. The summed E-state index contributed by atoms with van der Waals surface area (Å²) in [7, 11) is 0. The van der Waals surface area contributed by atoms with Crippen molar-refractivity contribution in [3.05, 3.63) is 59.7 Å². The molecule has 2 aromatic carbocycles. The molecule has 0 bridgehead atoms. The minimum atomic E-state index is -1.34. The summed E-state index contributed by atoms with van der Waals surface area (Å²) in [4.78, 5) is 37.2. The Bertz CT molecular complexity index is 1080. The van der Waals surface area contributed by atoms with Crippen LogP contribution >= 0.6 is 0 Å². The molecule has 5 rings (SSSR count). The molecule has 3 atom stereocenters. The standard InChI is InChI=1S/C26H28N2O6/c1-26(24(30)31,15-10-11-15)28-23(29)22-21(12-13-33-22)27-25(32)34-14-20-18-8-4-2-6-16(18)17-7-3-5-9-19(17)20/h2-9,15,20-22H,10-14H2,1H3,(H,27,32)(H,28,29)(H,30,31)/t21-,22+,26?/m0/s1. The molecule has 1 saturated carbocycles. The van der Waals surface area contributed by atoms with Gasteiger partial charge in [-0.05, 0) is 54.4 Å². The number of alkyl carbamates (subject to hydrolysis) is 1. The highest BCUT2D eigenvalue weighted by Crippen LogP contribution is 2.44. The maximum absolute atomic E-state index is 12.8. The van der Waals surface area contributed by atoms with E-state index in [1.807, 2.05) is 36.4 Å². The number of carboxylic acids is 1. The molecule has 3 N–H and O–H groups in total. The maximum Gasteiger partial charge on any atom is 0.407 e. The first kappa shape index (κ1) is 22.4. The fraction of sp³-hybridized carbons (Fsp3) is 0.423. The lowest BCUT2D eigenvalue weighted by atomic mass is 9.95. The molecule has 1 unspecified atom stereocenters. The zero-order valence-electron chi connectivity index (χ0n) is 19.0. The third kappa shape index (κ3) is 4.03. The Morgan fingerprint density at radius 2 is 1.65 bits per heavy atom. The van der Waals surface area contributed by atoms with Crippen LogP contribution in [0.4, 0.5) is 4.79 Å². The molecular formula is C26H28N2O6. The van der Waals surface area contributed by atoms with Crippen LogP contribution in [0.3, 0.4) is 0 Å². The van der Waals surface area contributed by atoms with Gasteiger partial charge in [0.25, 0.3) is 5.91 Å². The second-order valence-corrected chi connectivity index (χ2v) is 9.43. The summed E-state index contributed by atoms with van der Waals surface area (Å²) in [5.74, 6) is -1.75. The van der Waals surface area contributed by atoms with Crippen LogP contribution in [0.1, 0.15) is 43.2 Å². The van der Waals surface area contributed by atoms with E-state index < -0.39 is 35.7 Å². The molecule has 34 heavy (non-hydrogen) atoms. The second-order valence-electron chi connectivity index (χ2n) is 9.43. The average molecular weight is 465 g/mol. The Labute approximate surface area is 197 Å². The van der Waals surface area contributed by atoms with Gasteiger partial charge < -0.3 is 25.2 Å². The van der Waals surface area contributed by atoms with Gasteiger partial charge in [-0.25, -0.2) is 9.59 Å². The van der Waals surface area contributed by atoms with Crippen LogP contribution in [0.2, 0.25) is 0 Å². The zero-order valence-corrected chi connectivity index (χ0v) is 19.0. The monoisotopic (exact) mass is 464 g/mol. The quantitative estimate of drug-likeness (QED) is 0.580. The van der Waals surface area contributed by atoms with Crippen LogP contribution in [0.25, 0.3) is 11.1 Å². The third-order valence-corrected chi connectivity index (χ3v) is 7.22. The van der Waals surface area contributed by atoms with Gasteiger partial charge in [-0.3, -0.25) is 4.79 Å². The molecule has 0 aromatic heterocycles. The van der Waals surface area contributed by atoms with Crippen LogP contribution in [0, 0.1) is 5.92 Å². The van der Waals surface area contributed by atoms with E-state index in [2.05, 4.69) is 22.8 Å². The Morgan fingerprint density at radius 3 is 2.24 bits per heavy atom. The first-order valence-corrected chi connectivity index (χ1v) is 11.7. The largest absolute Gasteiger partial charge is 0.480 e. The van der Waals surface area contributed by atoms with Gasteiger partial charge >= 0.3 is 12.1 Å². The molecule has 1 aliphatic heterocycles. The van der Waals surface area contributed by atoms with Gasteiger partial charge in [0, 0.05) is 12.5 Å². The predicted molar refractivity (Wildman–Crippen MR) is 123 cm³/mol. The normalized spacial score (nSPS) is 22.9. The highest BCUT2D eigenvalue weighted by molar-refractivity contribution is 5.90. The molecule has 8 heteroatoms. The molecule has 1 heterocycles. The number of amides is 2. The number of rotatable bonds is 7. The molecule has 1 saturated heterocycles. The number of hydrogen-bond donors (Lipinski definition) is 3. The number of ether oxygens (including phenoxy) is 2. The number of aliphatic carboxylic acids is 1. The molecule has 0 radical (unpaired) electrons. The summed E-state index contributed by atoms with van der Waals surface area (Å²) in [5.41, 5.74) is 3.18. The molecular weight excluding hydrogens is 436 g/mol. The zero-order chi connectivity index (χ0) is 23.9. The molecule has 2 aromatic rings. The van der Waals surface area contributed by atoms with Gasteiger partial charge in [-0.15, -0.1) is 0 Å². The van der Waals surface area contributed by atoms with Crippen LogP contribution in [-0.4, -0.2) is 54.0 Å². The smallest absolute Gasteiger partial charge is 0.407 e. The van der Waals surface area contributed by atoms with Crippen molar-refractivity contribution in [3.8, 4) is 11.1 Å².